The van der Waals surface area contributed by atoms with Gasteiger partial charge >= 0.3 is 0 Å². The van der Waals surface area contributed by atoms with Crippen molar-refractivity contribution < 1.29 is 9.47 Å². The molecule has 258 valence electrons. The highest BCUT2D eigenvalue weighted by atomic mass is 16.5. The summed E-state index contributed by atoms with van der Waals surface area (Å²) in [6.07, 6.45) is 46.3. The van der Waals surface area contributed by atoms with E-state index in [4.69, 9.17) is 15.0 Å². The van der Waals surface area contributed by atoms with Gasteiger partial charge in [-0.3, -0.25) is 0 Å². The lowest BCUT2D eigenvalue weighted by molar-refractivity contribution is 0.0646. The Morgan fingerprint density at radius 1 is 0.455 bits per heavy atom. The van der Waals surface area contributed by atoms with E-state index < -0.39 is 0 Å². The molecular formula is C39H75N3O2. The SMILES string of the molecule is CCCCCCCCC=CCCCCCCCCOCC(COCCCCCCCCC=CCCCCCCCC)N=[N+]=[N-]. The molecule has 0 aliphatic rings. The van der Waals surface area contributed by atoms with Crippen molar-refractivity contribution in [2.24, 2.45) is 5.11 Å². The molecule has 0 radical (unpaired) electrons. The van der Waals surface area contributed by atoms with E-state index in [1.54, 1.807) is 0 Å². The Morgan fingerprint density at radius 3 is 1.07 bits per heavy atom. The van der Waals surface area contributed by atoms with Crippen molar-refractivity contribution in [3.8, 4) is 0 Å². The molecule has 0 aromatic heterocycles. The van der Waals surface area contributed by atoms with Crippen molar-refractivity contribution in [3.63, 3.8) is 0 Å². The van der Waals surface area contributed by atoms with Crippen molar-refractivity contribution in [1.29, 1.82) is 0 Å². The number of ether oxygens (including phenoxy) is 2. The van der Waals surface area contributed by atoms with E-state index in [1.165, 1.54) is 167 Å². The van der Waals surface area contributed by atoms with E-state index in [9.17, 15) is 0 Å². The Bertz CT molecular complexity index is 599. The van der Waals surface area contributed by atoms with Gasteiger partial charge in [-0.15, -0.1) is 0 Å². The van der Waals surface area contributed by atoms with Crippen LogP contribution in [0.1, 0.15) is 194 Å². The summed E-state index contributed by atoms with van der Waals surface area (Å²) in [4.78, 5) is 2.99. The van der Waals surface area contributed by atoms with Gasteiger partial charge in [-0.25, -0.2) is 0 Å². The predicted octanol–water partition coefficient (Wildman–Crippen LogP) is 13.8. The summed E-state index contributed by atoms with van der Waals surface area (Å²) in [5.74, 6) is 0. The molecule has 0 saturated carbocycles. The molecule has 0 fully saturated rings. The van der Waals surface area contributed by atoms with Crippen molar-refractivity contribution in [1.82, 2.24) is 0 Å². The Hall–Kier alpha value is -1.29. The average Bonchev–Trinajstić information content (AvgIpc) is 3.03. The van der Waals surface area contributed by atoms with E-state index >= 15 is 0 Å². The Morgan fingerprint density at radius 2 is 0.750 bits per heavy atom. The molecule has 0 aromatic carbocycles. The van der Waals surface area contributed by atoms with Crippen LogP contribution in [0, 0.1) is 0 Å². The molecule has 0 unspecified atom stereocenters. The lowest BCUT2D eigenvalue weighted by Gasteiger charge is -2.12. The molecule has 44 heavy (non-hydrogen) atoms. The van der Waals surface area contributed by atoms with Crippen LogP contribution in [0.15, 0.2) is 29.4 Å². The number of unbranched alkanes of at least 4 members (excludes halogenated alkanes) is 24. The summed E-state index contributed by atoms with van der Waals surface area (Å²) in [5.41, 5.74) is 8.88. The van der Waals surface area contributed by atoms with Gasteiger partial charge in [0.25, 0.3) is 0 Å². The molecule has 0 N–H and O–H groups in total. The second-order valence-corrected chi connectivity index (χ2v) is 12.9. The minimum Gasteiger partial charge on any atom is -0.381 e. The maximum atomic E-state index is 8.88. The maximum absolute atomic E-state index is 8.88. The molecule has 5 heteroatoms. The standard InChI is InChI=1S/C39H75N3O2/c1-3-5-7-9-11-13-15-17-19-21-23-25-27-29-31-33-35-43-37-39(41-42-40)38-44-36-34-32-30-28-26-24-22-20-18-16-14-12-10-8-6-4-2/h17-20,39H,3-16,21-38H2,1-2H3. The minimum absolute atomic E-state index is 0.219. The van der Waals surface area contributed by atoms with Crippen LogP contribution in [-0.2, 0) is 9.47 Å². The van der Waals surface area contributed by atoms with Gasteiger partial charge in [-0.1, -0.05) is 159 Å². The summed E-state index contributed by atoms with van der Waals surface area (Å²) in [5, 5.41) is 3.87. The van der Waals surface area contributed by atoms with Gasteiger partial charge in [-0.2, -0.15) is 0 Å². The Kier molecular flexibility index (Phi) is 38.6. The van der Waals surface area contributed by atoms with E-state index in [0.717, 1.165) is 26.1 Å². The fraction of sp³-hybridized carbons (Fsp3) is 0.897. The third-order valence-corrected chi connectivity index (χ3v) is 8.44. The highest BCUT2D eigenvalue weighted by Crippen LogP contribution is 2.12. The molecule has 0 bridgehead atoms. The van der Waals surface area contributed by atoms with Crippen LogP contribution < -0.4 is 0 Å². The summed E-state index contributed by atoms with van der Waals surface area (Å²) in [6.45, 7) is 6.97. The first-order chi connectivity index (χ1) is 21.8. The minimum atomic E-state index is -0.219. The van der Waals surface area contributed by atoms with Gasteiger partial charge in [0, 0.05) is 18.1 Å². The van der Waals surface area contributed by atoms with Crippen molar-refractivity contribution in [3.05, 3.63) is 34.7 Å². The monoisotopic (exact) mass is 618 g/mol. The van der Waals surface area contributed by atoms with Crippen LogP contribution >= 0.6 is 0 Å². The summed E-state index contributed by atoms with van der Waals surface area (Å²) < 4.78 is 11.6. The molecule has 0 spiro atoms. The van der Waals surface area contributed by atoms with Gasteiger partial charge in [0.2, 0.25) is 0 Å². The zero-order chi connectivity index (χ0) is 31.9. The molecule has 0 saturated heterocycles. The largest absolute Gasteiger partial charge is 0.381 e. The smallest absolute Gasteiger partial charge is 0.0841 e. The summed E-state index contributed by atoms with van der Waals surface area (Å²) >= 11 is 0. The van der Waals surface area contributed by atoms with E-state index in [-0.39, 0.29) is 6.04 Å². The van der Waals surface area contributed by atoms with Crippen LogP contribution in [0.4, 0.5) is 0 Å². The Labute approximate surface area is 275 Å². The van der Waals surface area contributed by atoms with Crippen LogP contribution in [0.2, 0.25) is 0 Å². The number of azide groups is 1. The van der Waals surface area contributed by atoms with Crippen molar-refractivity contribution in [2.75, 3.05) is 26.4 Å². The molecule has 0 rings (SSSR count). The first-order valence-corrected chi connectivity index (χ1v) is 19.3. The Balaban J connectivity index is 3.43. The molecule has 5 nitrogen and oxygen atoms in total. The topological polar surface area (TPSA) is 67.2 Å². The second kappa shape index (κ2) is 39.7. The zero-order valence-corrected chi connectivity index (χ0v) is 29.7. The third kappa shape index (κ3) is 36.9. The number of allylic oxidation sites excluding steroid dienone is 4. The molecule has 0 aromatic rings. The van der Waals surface area contributed by atoms with Crippen LogP contribution in [0.25, 0.3) is 10.4 Å². The molecule has 0 heterocycles. The molecule has 0 atom stereocenters. The van der Waals surface area contributed by atoms with Crippen molar-refractivity contribution >= 4 is 0 Å². The average molecular weight is 618 g/mol. The fourth-order valence-corrected chi connectivity index (χ4v) is 5.53. The number of hydrogen-bond acceptors (Lipinski definition) is 3. The fourth-order valence-electron chi connectivity index (χ4n) is 5.53. The van der Waals surface area contributed by atoms with Gasteiger partial charge in [0.05, 0.1) is 19.3 Å². The van der Waals surface area contributed by atoms with Gasteiger partial charge in [-0.05, 0) is 69.7 Å². The highest BCUT2D eigenvalue weighted by molar-refractivity contribution is 4.82. The third-order valence-electron chi connectivity index (χ3n) is 8.44. The van der Waals surface area contributed by atoms with Crippen LogP contribution in [0.3, 0.4) is 0 Å². The van der Waals surface area contributed by atoms with Crippen LogP contribution in [-0.4, -0.2) is 32.5 Å². The number of rotatable bonds is 37. The van der Waals surface area contributed by atoms with Crippen LogP contribution in [0.5, 0.6) is 0 Å². The highest BCUT2D eigenvalue weighted by Gasteiger charge is 2.07. The quantitative estimate of drug-likeness (QED) is 0.0229. The van der Waals surface area contributed by atoms with Gasteiger partial charge < -0.3 is 9.47 Å². The molecular weight excluding hydrogens is 542 g/mol. The maximum Gasteiger partial charge on any atom is 0.0841 e. The number of nitrogens with zero attached hydrogens (tertiary/aromatic N) is 3. The lowest BCUT2D eigenvalue weighted by Crippen LogP contribution is -2.20. The summed E-state index contributed by atoms with van der Waals surface area (Å²) in [6, 6.07) is -0.219. The van der Waals surface area contributed by atoms with E-state index in [1.807, 2.05) is 0 Å². The lowest BCUT2D eigenvalue weighted by atomic mass is 10.1. The zero-order valence-electron chi connectivity index (χ0n) is 29.7. The first kappa shape index (κ1) is 42.7. The number of hydrogen-bond donors (Lipinski definition) is 0. The molecule has 0 aliphatic heterocycles. The first-order valence-electron chi connectivity index (χ1n) is 19.3. The van der Waals surface area contributed by atoms with Crippen molar-refractivity contribution in [2.45, 2.75) is 200 Å². The van der Waals surface area contributed by atoms with E-state index in [2.05, 4.69) is 48.2 Å². The molecule has 0 aliphatic carbocycles. The normalized spacial score (nSPS) is 12.4. The predicted molar refractivity (Wildman–Crippen MR) is 193 cm³/mol. The van der Waals surface area contributed by atoms with Gasteiger partial charge in [0.1, 0.15) is 0 Å². The summed E-state index contributed by atoms with van der Waals surface area (Å²) in [7, 11) is 0. The van der Waals surface area contributed by atoms with Gasteiger partial charge in [0.15, 0.2) is 0 Å². The second-order valence-electron chi connectivity index (χ2n) is 12.9. The van der Waals surface area contributed by atoms with E-state index in [0.29, 0.717) is 13.2 Å². The molecule has 0 amide bonds.